The van der Waals surface area contributed by atoms with Crippen LogP contribution in [0.4, 0.5) is 4.79 Å². The molecule has 1 aliphatic carbocycles. The fourth-order valence-corrected chi connectivity index (χ4v) is 2.43. The van der Waals surface area contributed by atoms with E-state index in [2.05, 4.69) is 55.7 Å². The van der Waals surface area contributed by atoms with E-state index in [4.69, 9.17) is 0 Å². The Bertz CT molecular complexity index is 557. The van der Waals surface area contributed by atoms with Gasteiger partial charge in [-0.2, -0.15) is 0 Å². The minimum Gasteiger partial charge on any atom is -0.335 e. The number of nitrogens with one attached hydrogen (secondary N) is 3. The number of carbonyl (C=O) groups excluding carboxylic acids is 2. The summed E-state index contributed by atoms with van der Waals surface area (Å²) in [6, 6.07) is 8.40. The summed E-state index contributed by atoms with van der Waals surface area (Å²) in [6.45, 7) is 7.60. The Morgan fingerprint density at radius 2 is 1.78 bits per heavy atom. The molecule has 1 atom stereocenters. The van der Waals surface area contributed by atoms with Gasteiger partial charge in [-0.3, -0.25) is 10.1 Å². The fraction of sp³-hybridized carbons (Fsp3) is 0.556. The summed E-state index contributed by atoms with van der Waals surface area (Å²) in [5.74, 6) is -0.244. The molecule has 2 rings (SSSR count). The molecule has 1 fully saturated rings. The van der Waals surface area contributed by atoms with Crippen LogP contribution in [0, 0.1) is 0 Å². The number of amides is 3. The second-order valence-electron chi connectivity index (χ2n) is 7.55. The van der Waals surface area contributed by atoms with Crippen molar-refractivity contribution in [2.75, 3.05) is 13.6 Å². The number of carbonyl (C=O) groups is 2. The van der Waals surface area contributed by atoms with Crippen LogP contribution in [0.3, 0.4) is 0 Å². The SMILES string of the molecule is C[NH+](CC(=O)NC(=O)NC1CC1)Cc1ccc(C(C)(C)C)cc1. The highest BCUT2D eigenvalue weighted by Crippen LogP contribution is 2.21. The van der Waals surface area contributed by atoms with Gasteiger partial charge in [-0.1, -0.05) is 45.0 Å². The molecule has 1 aromatic carbocycles. The van der Waals surface area contributed by atoms with Crippen LogP contribution < -0.4 is 15.5 Å². The third kappa shape index (κ3) is 6.02. The molecule has 23 heavy (non-hydrogen) atoms. The molecule has 5 heteroatoms. The monoisotopic (exact) mass is 318 g/mol. The zero-order valence-electron chi connectivity index (χ0n) is 14.5. The van der Waals surface area contributed by atoms with Crippen LogP contribution in [0.25, 0.3) is 0 Å². The average Bonchev–Trinajstić information content (AvgIpc) is 3.21. The van der Waals surface area contributed by atoms with E-state index in [1.165, 1.54) is 11.1 Å². The molecule has 0 aromatic heterocycles. The predicted molar refractivity (Wildman–Crippen MR) is 90.3 cm³/mol. The smallest absolute Gasteiger partial charge is 0.321 e. The van der Waals surface area contributed by atoms with Crippen molar-refractivity contribution in [1.29, 1.82) is 0 Å². The number of likely N-dealkylation sites (N-methyl/N-ethyl adjacent to an activating group) is 1. The summed E-state index contributed by atoms with van der Waals surface area (Å²) in [5, 5.41) is 5.14. The van der Waals surface area contributed by atoms with Crippen molar-refractivity contribution in [2.24, 2.45) is 0 Å². The summed E-state index contributed by atoms with van der Waals surface area (Å²) in [6.07, 6.45) is 2.02. The largest absolute Gasteiger partial charge is 0.335 e. The molecule has 3 N–H and O–H groups in total. The van der Waals surface area contributed by atoms with Crippen molar-refractivity contribution in [2.45, 2.75) is 51.6 Å². The Morgan fingerprint density at radius 1 is 1.17 bits per heavy atom. The number of benzene rings is 1. The van der Waals surface area contributed by atoms with Crippen molar-refractivity contribution in [3.05, 3.63) is 35.4 Å². The van der Waals surface area contributed by atoms with E-state index in [-0.39, 0.29) is 29.9 Å². The topological polar surface area (TPSA) is 62.6 Å². The number of hydrogen-bond acceptors (Lipinski definition) is 2. The van der Waals surface area contributed by atoms with E-state index in [9.17, 15) is 9.59 Å². The molecular formula is C18H28N3O2+. The Balaban J connectivity index is 1.78. The first-order chi connectivity index (χ1) is 10.7. The molecule has 0 spiro atoms. The molecular weight excluding hydrogens is 290 g/mol. The van der Waals surface area contributed by atoms with Crippen LogP contribution in [-0.4, -0.2) is 31.6 Å². The lowest BCUT2D eigenvalue weighted by molar-refractivity contribution is -0.885. The van der Waals surface area contributed by atoms with Gasteiger partial charge in [0.1, 0.15) is 6.54 Å². The molecule has 1 aliphatic rings. The van der Waals surface area contributed by atoms with Gasteiger partial charge in [0.2, 0.25) is 0 Å². The lowest BCUT2D eigenvalue weighted by atomic mass is 9.87. The van der Waals surface area contributed by atoms with Gasteiger partial charge in [-0.25, -0.2) is 4.79 Å². The molecule has 0 aliphatic heterocycles. The van der Waals surface area contributed by atoms with Gasteiger partial charge >= 0.3 is 6.03 Å². The van der Waals surface area contributed by atoms with Crippen molar-refractivity contribution < 1.29 is 14.5 Å². The molecule has 0 radical (unpaired) electrons. The molecule has 1 unspecified atom stereocenters. The first-order valence-corrected chi connectivity index (χ1v) is 8.25. The zero-order chi connectivity index (χ0) is 17.0. The fourth-order valence-electron chi connectivity index (χ4n) is 2.43. The van der Waals surface area contributed by atoms with Crippen LogP contribution in [0.15, 0.2) is 24.3 Å². The van der Waals surface area contributed by atoms with E-state index in [1.807, 2.05) is 7.05 Å². The predicted octanol–water partition coefficient (Wildman–Crippen LogP) is 0.987. The second-order valence-corrected chi connectivity index (χ2v) is 7.55. The lowest BCUT2D eigenvalue weighted by Gasteiger charge is -2.19. The number of hydrogen-bond donors (Lipinski definition) is 3. The van der Waals surface area contributed by atoms with Crippen LogP contribution in [-0.2, 0) is 16.8 Å². The molecule has 3 amide bonds. The standard InChI is InChI=1S/C18H27N3O2/c1-18(2,3)14-7-5-13(6-8-14)11-21(4)12-16(22)20-17(23)19-15-9-10-15/h5-8,15H,9-12H2,1-4H3,(H2,19,20,22,23)/p+1. The van der Waals surface area contributed by atoms with E-state index in [1.54, 1.807) is 0 Å². The highest BCUT2D eigenvalue weighted by atomic mass is 16.2. The summed E-state index contributed by atoms with van der Waals surface area (Å²) in [5.41, 5.74) is 2.63. The summed E-state index contributed by atoms with van der Waals surface area (Å²) >= 11 is 0. The molecule has 1 saturated carbocycles. The van der Waals surface area contributed by atoms with Gasteiger partial charge in [0.25, 0.3) is 5.91 Å². The Kier molecular flexibility index (Phi) is 5.42. The van der Waals surface area contributed by atoms with Crippen LogP contribution in [0.1, 0.15) is 44.7 Å². The van der Waals surface area contributed by atoms with Gasteiger partial charge in [-0.05, 0) is 23.8 Å². The molecule has 5 nitrogen and oxygen atoms in total. The molecule has 0 saturated heterocycles. The highest BCUT2D eigenvalue weighted by Gasteiger charge is 2.24. The second kappa shape index (κ2) is 7.13. The lowest BCUT2D eigenvalue weighted by Crippen LogP contribution is -3.09. The van der Waals surface area contributed by atoms with E-state index < -0.39 is 0 Å². The van der Waals surface area contributed by atoms with Gasteiger partial charge in [0.05, 0.1) is 7.05 Å². The van der Waals surface area contributed by atoms with Crippen LogP contribution >= 0.6 is 0 Å². The maximum Gasteiger partial charge on any atom is 0.321 e. The third-order valence-corrected chi connectivity index (χ3v) is 3.95. The Morgan fingerprint density at radius 3 is 2.30 bits per heavy atom. The van der Waals surface area contributed by atoms with Gasteiger partial charge in [-0.15, -0.1) is 0 Å². The minimum atomic E-state index is -0.375. The highest BCUT2D eigenvalue weighted by molar-refractivity contribution is 5.94. The van der Waals surface area contributed by atoms with E-state index >= 15 is 0 Å². The first kappa shape index (κ1) is 17.5. The van der Waals surface area contributed by atoms with E-state index in [0.717, 1.165) is 24.3 Å². The van der Waals surface area contributed by atoms with Gasteiger partial charge in [0.15, 0.2) is 6.54 Å². The summed E-state index contributed by atoms with van der Waals surface area (Å²) in [4.78, 5) is 24.4. The van der Waals surface area contributed by atoms with E-state index in [0.29, 0.717) is 0 Å². The van der Waals surface area contributed by atoms with Crippen LogP contribution in [0.2, 0.25) is 0 Å². The van der Waals surface area contributed by atoms with Gasteiger partial charge in [0, 0.05) is 11.6 Å². The van der Waals surface area contributed by atoms with Crippen molar-refractivity contribution in [3.8, 4) is 0 Å². The molecule has 1 aromatic rings. The molecule has 0 bridgehead atoms. The summed E-state index contributed by atoms with van der Waals surface area (Å²) < 4.78 is 0. The first-order valence-electron chi connectivity index (χ1n) is 8.25. The van der Waals surface area contributed by atoms with Crippen molar-refractivity contribution in [3.63, 3.8) is 0 Å². The number of rotatable bonds is 5. The normalized spacial score (nSPS) is 15.8. The third-order valence-electron chi connectivity index (χ3n) is 3.95. The maximum atomic E-state index is 11.8. The number of imide groups is 1. The quantitative estimate of drug-likeness (QED) is 0.758. The number of quaternary nitrogens is 1. The average molecular weight is 318 g/mol. The van der Waals surface area contributed by atoms with Gasteiger partial charge < -0.3 is 10.2 Å². The van der Waals surface area contributed by atoms with Crippen LogP contribution in [0.5, 0.6) is 0 Å². The maximum absolute atomic E-state index is 11.8. The van der Waals surface area contributed by atoms with Crippen molar-refractivity contribution >= 4 is 11.9 Å². The number of urea groups is 1. The Labute approximate surface area is 138 Å². The molecule has 0 heterocycles. The zero-order valence-corrected chi connectivity index (χ0v) is 14.5. The van der Waals surface area contributed by atoms with Crippen molar-refractivity contribution in [1.82, 2.24) is 10.6 Å². The Hall–Kier alpha value is -1.88. The summed E-state index contributed by atoms with van der Waals surface area (Å²) in [7, 11) is 1.95. The minimum absolute atomic E-state index is 0.145. The molecule has 126 valence electrons.